The molecule has 4 rings (SSSR count). The fourth-order valence-corrected chi connectivity index (χ4v) is 3.72. The molecule has 3 aromatic carbocycles. The predicted molar refractivity (Wildman–Crippen MR) is 117 cm³/mol. The number of nitrogens with zero attached hydrogens (tertiary/aromatic N) is 6. The van der Waals surface area contributed by atoms with Crippen molar-refractivity contribution in [3.05, 3.63) is 111 Å². The Hall–Kier alpha value is -3.91. The van der Waals surface area contributed by atoms with Gasteiger partial charge in [-0.05, 0) is 47.2 Å². The number of nitro groups is 1. The van der Waals surface area contributed by atoms with Crippen LogP contribution in [0.15, 0.2) is 78.9 Å². The van der Waals surface area contributed by atoms with Crippen molar-refractivity contribution in [2.24, 2.45) is 0 Å². The van der Waals surface area contributed by atoms with Crippen LogP contribution in [0.3, 0.4) is 0 Å². The lowest BCUT2D eigenvalue weighted by Crippen LogP contribution is -2.28. The third kappa shape index (κ3) is 4.34. The lowest BCUT2D eigenvalue weighted by atomic mass is 10.0. The van der Waals surface area contributed by atoms with Gasteiger partial charge >= 0.3 is 0 Å². The van der Waals surface area contributed by atoms with Crippen LogP contribution in [0.4, 0.5) is 5.69 Å². The Morgan fingerprint density at radius 3 is 2.52 bits per heavy atom. The molecular weight excluding hydrogens is 392 g/mol. The number of aryl methyl sites for hydroxylation is 1. The first-order valence-corrected chi connectivity index (χ1v) is 9.87. The molecule has 0 fully saturated rings. The molecule has 0 unspecified atom stereocenters. The van der Waals surface area contributed by atoms with Crippen molar-refractivity contribution < 1.29 is 4.92 Å². The van der Waals surface area contributed by atoms with Crippen LogP contribution in [0.5, 0.6) is 0 Å². The van der Waals surface area contributed by atoms with Gasteiger partial charge in [-0.15, -0.1) is 5.10 Å². The van der Waals surface area contributed by atoms with Gasteiger partial charge in [0.25, 0.3) is 5.69 Å². The number of aromatic nitrogens is 4. The molecule has 8 heteroatoms. The van der Waals surface area contributed by atoms with E-state index in [2.05, 4.69) is 20.4 Å². The summed E-state index contributed by atoms with van der Waals surface area (Å²) in [5, 5.41) is 23.8. The molecule has 0 bridgehead atoms. The monoisotopic (exact) mass is 414 g/mol. The minimum absolute atomic E-state index is 0.0758. The molecular formula is C23H22N6O2. The molecule has 8 nitrogen and oxygen atoms in total. The molecule has 156 valence electrons. The highest BCUT2D eigenvalue weighted by Gasteiger charge is 2.27. The first kappa shape index (κ1) is 20.4. The van der Waals surface area contributed by atoms with Gasteiger partial charge in [0.1, 0.15) is 0 Å². The predicted octanol–water partition coefficient (Wildman–Crippen LogP) is 4.10. The molecule has 4 aromatic rings. The Bertz CT molecular complexity index is 1190. The maximum absolute atomic E-state index is 11.2. The van der Waals surface area contributed by atoms with E-state index < -0.39 is 0 Å². The minimum atomic E-state index is -0.378. The fraction of sp³-hybridized carbons (Fsp3) is 0.174. The summed E-state index contributed by atoms with van der Waals surface area (Å²) in [6.07, 6.45) is 0. The average molecular weight is 414 g/mol. The van der Waals surface area contributed by atoms with E-state index in [4.69, 9.17) is 0 Å². The maximum atomic E-state index is 11.2. The maximum Gasteiger partial charge on any atom is 0.269 e. The van der Waals surface area contributed by atoms with Crippen LogP contribution in [-0.4, -0.2) is 37.1 Å². The van der Waals surface area contributed by atoms with Crippen LogP contribution in [0, 0.1) is 17.0 Å². The molecule has 0 saturated carbocycles. The average Bonchev–Trinajstić information content (AvgIpc) is 3.24. The number of benzene rings is 3. The summed E-state index contributed by atoms with van der Waals surface area (Å²) in [5.74, 6) is 0.674. The second-order valence-corrected chi connectivity index (χ2v) is 7.39. The number of rotatable bonds is 7. The van der Waals surface area contributed by atoms with E-state index in [9.17, 15) is 10.1 Å². The largest absolute Gasteiger partial charge is 0.288 e. The molecule has 1 atom stereocenters. The van der Waals surface area contributed by atoms with E-state index in [0.29, 0.717) is 12.4 Å². The van der Waals surface area contributed by atoms with Gasteiger partial charge in [0.15, 0.2) is 5.82 Å². The molecule has 1 aromatic heterocycles. The molecule has 0 N–H and O–H groups in total. The number of para-hydroxylation sites is 1. The van der Waals surface area contributed by atoms with E-state index >= 15 is 0 Å². The standard InChI is InChI=1S/C23H22N6O2/c1-17-9-6-7-14-21(17)28-23(24-25-26-28)22(19-11-4-3-5-12-19)27(2)16-18-10-8-13-20(15-18)29(30)31/h3-15,22H,16H2,1-2H3/t22-/m0/s1. The molecule has 0 aliphatic carbocycles. The van der Waals surface area contributed by atoms with E-state index in [0.717, 1.165) is 22.4 Å². The number of non-ortho nitro benzene ring substituents is 1. The summed E-state index contributed by atoms with van der Waals surface area (Å²) < 4.78 is 1.76. The molecule has 0 radical (unpaired) electrons. The third-order valence-electron chi connectivity index (χ3n) is 5.19. The van der Waals surface area contributed by atoms with Crippen LogP contribution in [0.25, 0.3) is 5.69 Å². The van der Waals surface area contributed by atoms with Gasteiger partial charge in [0.2, 0.25) is 0 Å². The quantitative estimate of drug-likeness (QED) is 0.334. The van der Waals surface area contributed by atoms with Crippen molar-refractivity contribution >= 4 is 5.69 Å². The number of nitro benzene ring substituents is 1. The van der Waals surface area contributed by atoms with Crippen LogP contribution >= 0.6 is 0 Å². The van der Waals surface area contributed by atoms with E-state index in [1.54, 1.807) is 16.8 Å². The Morgan fingerprint density at radius 1 is 1.03 bits per heavy atom. The normalized spacial score (nSPS) is 12.1. The Labute approximate surface area is 179 Å². The smallest absolute Gasteiger partial charge is 0.269 e. The molecule has 31 heavy (non-hydrogen) atoms. The Morgan fingerprint density at radius 2 is 1.77 bits per heavy atom. The topological polar surface area (TPSA) is 90.0 Å². The van der Waals surface area contributed by atoms with Gasteiger partial charge in [0, 0.05) is 18.7 Å². The molecule has 0 spiro atoms. The van der Waals surface area contributed by atoms with Crippen LogP contribution in [0.1, 0.15) is 28.6 Å². The first-order chi connectivity index (χ1) is 15.0. The van der Waals surface area contributed by atoms with Gasteiger partial charge in [-0.25, -0.2) is 0 Å². The van der Waals surface area contributed by atoms with Gasteiger partial charge in [0.05, 0.1) is 16.7 Å². The third-order valence-corrected chi connectivity index (χ3v) is 5.19. The van der Waals surface area contributed by atoms with E-state index in [1.807, 2.05) is 74.6 Å². The summed E-state index contributed by atoms with van der Waals surface area (Å²) >= 11 is 0. The van der Waals surface area contributed by atoms with Crippen LogP contribution in [-0.2, 0) is 6.54 Å². The van der Waals surface area contributed by atoms with Gasteiger partial charge in [-0.1, -0.05) is 60.7 Å². The highest BCUT2D eigenvalue weighted by Crippen LogP contribution is 2.29. The summed E-state index contributed by atoms with van der Waals surface area (Å²) in [6, 6.07) is 24.4. The van der Waals surface area contributed by atoms with Crippen molar-refractivity contribution in [1.82, 2.24) is 25.1 Å². The lowest BCUT2D eigenvalue weighted by Gasteiger charge is -2.28. The lowest BCUT2D eigenvalue weighted by molar-refractivity contribution is -0.384. The SMILES string of the molecule is Cc1ccccc1-n1nnnc1[C@H](c1ccccc1)N(C)Cc1cccc([N+](=O)[O-])c1. The Kier molecular flexibility index (Phi) is 5.81. The van der Waals surface area contributed by atoms with Crippen molar-refractivity contribution in [3.8, 4) is 5.69 Å². The molecule has 0 amide bonds. The molecule has 1 heterocycles. The number of hydrogen-bond acceptors (Lipinski definition) is 6. The zero-order chi connectivity index (χ0) is 21.8. The van der Waals surface area contributed by atoms with Gasteiger partial charge in [-0.2, -0.15) is 4.68 Å². The summed E-state index contributed by atoms with van der Waals surface area (Å²) in [7, 11) is 1.97. The van der Waals surface area contributed by atoms with E-state index in [1.165, 1.54) is 6.07 Å². The van der Waals surface area contributed by atoms with Crippen LogP contribution < -0.4 is 0 Å². The van der Waals surface area contributed by atoms with Crippen molar-refractivity contribution in [2.45, 2.75) is 19.5 Å². The molecule has 0 saturated heterocycles. The number of hydrogen-bond donors (Lipinski definition) is 0. The zero-order valence-electron chi connectivity index (χ0n) is 17.3. The highest BCUT2D eigenvalue weighted by atomic mass is 16.6. The Balaban J connectivity index is 1.75. The zero-order valence-corrected chi connectivity index (χ0v) is 17.3. The highest BCUT2D eigenvalue weighted by molar-refractivity contribution is 5.41. The fourth-order valence-electron chi connectivity index (χ4n) is 3.72. The first-order valence-electron chi connectivity index (χ1n) is 9.87. The summed E-state index contributed by atoms with van der Waals surface area (Å²) in [5.41, 5.74) is 3.91. The molecule has 0 aliphatic heterocycles. The van der Waals surface area contributed by atoms with Gasteiger partial charge in [-0.3, -0.25) is 15.0 Å². The summed E-state index contributed by atoms with van der Waals surface area (Å²) in [4.78, 5) is 12.9. The van der Waals surface area contributed by atoms with Gasteiger partial charge < -0.3 is 0 Å². The van der Waals surface area contributed by atoms with Crippen molar-refractivity contribution in [1.29, 1.82) is 0 Å². The van der Waals surface area contributed by atoms with Crippen molar-refractivity contribution in [2.75, 3.05) is 7.05 Å². The van der Waals surface area contributed by atoms with Crippen molar-refractivity contribution in [3.63, 3.8) is 0 Å². The summed E-state index contributed by atoms with van der Waals surface area (Å²) in [6.45, 7) is 2.51. The second kappa shape index (κ2) is 8.85. The molecule has 0 aliphatic rings. The number of tetrazole rings is 1. The van der Waals surface area contributed by atoms with Crippen LogP contribution in [0.2, 0.25) is 0 Å². The van der Waals surface area contributed by atoms with E-state index in [-0.39, 0.29) is 16.7 Å². The second-order valence-electron chi connectivity index (χ2n) is 7.39. The minimum Gasteiger partial charge on any atom is -0.288 e.